The molecule has 21 heavy (non-hydrogen) atoms. The number of carbonyl (C=O) groups is 1. The van der Waals surface area contributed by atoms with Crippen LogP contribution in [-0.2, 0) is 0 Å². The number of aromatic hydroxyl groups is 1. The fourth-order valence-electron chi connectivity index (χ4n) is 1.92. The van der Waals surface area contributed by atoms with Crippen molar-refractivity contribution in [2.75, 3.05) is 5.75 Å². The van der Waals surface area contributed by atoms with E-state index in [2.05, 4.69) is 15.8 Å². The van der Waals surface area contributed by atoms with E-state index in [9.17, 15) is 9.90 Å². The molecule has 0 spiro atoms. The van der Waals surface area contributed by atoms with Crippen LogP contribution in [0.3, 0.4) is 0 Å². The largest absolute Gasteiger partial charge is 0.507 e. The maximum absolute atomic E-state index is 12.0. The van der Waals surface area contributed by atoms with Crippen LogP contribution in [0.5, 0.6) is 5.75 Å². The Morgan fingerprint density at radius 3 is 2.76 bits per heavy atom. The highest BCUT2D eigenvalue weighted by molar-refractivity contribution is 8.00. The quantitative estimate of drug-likeness (QED) is 0.707. The summed E-state index contributed by atoms with van der Waals surface area (Å²) in [5, 5.41) is 9.63. The number of para-hydroxylation sites is 2. The number of carbonyl (C=O) groups excluding carboxylic acids is 1. The molecule has 0 atom stereocenters. The first kappa shape index (κ1) is 13.5. The Bertz CT molecular complexity index is 716. The molecule has 0 saturated heterocycles. The lowest BCUT2D eigenvalue weighted by atomic mass is 10.2. The van der Waals surface area contributed by atoms with Crippen molar-refractivity contribution in [1.29, 1.82) is 0 Å². The number of benzene rings is 2. The second kappa shape index (κ2) is 5.88. The van der Waals surface area contributed by atoms with Crippen LogP contribution in [0, 0.1) is 0 Å². The number of phenolic OH excluding ortho intramolecular Hbond substituents is 1. The number of fused-ring (bicyclic) bond motifs is 1. The van der Waals surface area contributed by atoms with Crippen molar-refractivity contribution in [1.82, 2.24) is 10.9 Å². The Balaban J connectivity index is 1.68. The number of nitrogens with one attached hydrogen (secondary N) is 2. The molecule has 106 valence electrons. The molecule has 0 fully saturated rings. The van der Waals surface area contributed by atoms with Gasteiger partial charge in [-0.25, -0.2) is 4.99 Å². The summed E-state index contributed by atoms with van der Waals surface area (Å²) in [6.07, 6.45) is 0. The number of phenols is 1. The number of rotatable bonds is 1. The maximum Gasteiger partial charge on any atom is 0.273 e. The molecule has 6 heteroatoms. The third-order valence-corrected chi connectivity index (χ3v) is 4.03. The van der Waals surface area contributed by atoms with Crippen LogP contribution in [0.2, 0.25) is 0 Å². The number of nitrogens with zero attached hydrogens (tertiary/aromatic N) is 1. The van der Waals surface area contributed by atoms with Crippen molar-refractivity contribution in [2.45, 2.75) is 4.90 Å². The Morgan fingerprint density at radius 1 is 1.14 bits per heavy atom. The molecule has 0 radical (unpaired) electrons. The van der Waals surface area contributed by atoms with Crippen molar-refractivity contribution >= 4 is 29.2 Å². The van der Waals surface area contributed by atoms with E-state index in [1.165, 1.54) is 6.07 Å². The minimum absolute atomic E-state index is 0.0536. The van der Waals surface area contributed by atoms with E-state index >= 15 is 0 Å². The standard InChI is InChI=1S/C15H13N3O2S/c19-12-7-3-1-5-10(12)15(20)18-17-14-9-21-13-8-4-2-6-11(13)16-14/h1-8,19H,9H2,(H,16,17)(H,18,20). The zero-order valence-corrected chi connectivity index (χ0v) is 11.9. The number of amides is 1. The van der Waals surface area contributed by atoms with E-state index in [-0.39, 0.29) is 11.3 Å². The van der Waals surface area contributed by atoms with Gasteiger partial charge in [-0.1, -0.05) is 24.3 Å². The second-order valence-corrected chi connectivity index (χ2v) is 5.43. The lowest BCUT2D eigenvalue weighted by molar-refractivity contribution is 0.0941. The van der Waals surface area contributed by atoms with Crippen molar-refractivity contribution in [2.24, 2.45) is 4.99 Å². The van der Waals surface area contributed by atoms with Gasteiger partial charge < -0.3 is 5.11 Å². The normalized spacial score (nSPS) is 13.0. The molecule has 5 nitrogen and oxygen atoms in total. The van der Waals surface area contributed by atoms with Crippen LogP contribution in [0.1, 0.15) is 10.4 Å². The molecule has 0 bridgehead atoms. The van der Waals surface area contributed by atoms with Crippen LogP contribution >= 0.6 is 11.8 Å². The van der Waals surface area contributed by atoms with Gasteiger partial charge in [-0.3, -0.25) is 15.6 Å². The van der Waals surface area contributed by atoms with E-state index in [1.54, 1.807) is 30.0 Å². The van der Waals surface area contributed by atoms with Crippen LogP contribution in [0.15, 0.2) is 58.4 Å². The summed E-state index contributed by atoms with van der Waals surface area (Å²) in [4.78, 5) is 17.5. The Labute approximate surface area is 126 Å². The average molecular weight is 299 g/mol. The van der Waals surface area contributed by atoms with Crippen LogP contribution < -0.4 is 10.9 Å². The third-order valence-electron chi connectivity index (χ3n) is 2.95. The fourth-order valence-corrected chi connectivity index (χ4v) is 2.79. The monoisotopic (exact) mass is 299 g/mol. The van der Waals surface area contributed by atoms with Gasteiger partial charge >= 0.3 is 0 Å². The molecule has 1 heterocycles. The number of hydrogen-bond acceptors (Lipinski definition) is 5. The second-order valence-electron chi connectivity index (χ2n) is 4.41. The molecule has 1 amide bonds. The summed E-state index contributed by atoms with van der Waals surface area (Å²) in [5.74, 6) is 0.863. The predicted molar refractivity (Wildman–Crippen MR) is 83.0 cm³/mol. The average Bonchev–Trinajstić information content (AvgIpc) is 2.53. The van der Waals surface area contributed by atoms with Crippen molar-refractivity contribution in [3.8, 4) is 5.75 Å². The minimum Gasteiger partial charge on any atom is -0.507 e. The highest BCUT2D eigenvalue weighted by atomic mass is 32.2. The highest BCUT2D eigenvalue weighted by Crippen LogP contribution is 2.32. The molecule has 2 aromatic rings. The summed E-state index contributed by atoms with van der Waals surface area (Å²) in [7, 11) is 0. The summed E-state index contributed by atoms with van der Waals surface area (Å²) in [6.45, 7) is 0. The predicted octanol–water partition coefficient (Wildman–Crippen LogP) is 2.46. The van der Waals surface area contributed by atoms with Crippen molar-refractivity contribution < 1.29 is 9.90 Å². The van der Waals surface area contributed by atoms with Gasteiger partial charge in [-0.15, -0.1) is 11.8 Å². The van der Waals surface area contributed by atoms with Gasteiger partial charge in [0.2, 0.25) is 0 Å². The summed E-state index contributed by atoms with van der Waals surface area (Å²) >= 11 is 1.65. The fraction of sp³-hybridized carbons (Fsp3) is 0.0667. The van der Waals surface area contributed by atoms with E-state index in [1.807, 2.05) is 24.3 Å². The third kappa shape index (κ3) is 3.00. The van der Waals surface area contributed by atoms with Crippen LogP contribution in [-0.4, -0.2) is 22.6 Å². The highest BCUT2D eigenvalue weighted by Gasteiger charge is 2.14. The van der Waals surface area contributed by atoms with E-state index in [0.29, 0.717) is 11.6 Å². The number of hydrazine groups is 1. The number of thioether (sulfide) groups is 1. The summed E-state index contributed by atoms with van der Waals surface area (Å²) in [6, 6.07) is 14.2. The maximum atomic E-state index is 12.0. The molecule has 2 aromatic carbocycles. The Hall–Kier alpha value is -2.47. The molecule has 3 N–H and O–H groups in total. The van der Waals surface area contributed by atoms with Gasteiger partial charge in [0.15, 0.2) is 0 Å². The molecule has 0 unspecified atom stereocenters. The Morgan fingerprint density at radius 2 is 1.90 bits per heavy atom. The van der Waals surface area contributed by atoms with Crippen LogP contribution in [0.25, 0.3) is 0 Å². The van der Waals surface area contributed by atoms with Gasteiger partial charge in [0.1, 0.15) is 11.6 Å². The lowest BCUT2D eigenvalue weighted by Crippen LogP contribution is -2.43. The molecule has 0 saturated carbocycles. The molecule has 3 rings (SSSR count). The smallest absolute Gasteiger partial charge is 0.273 e. The molecule has 0 aromatic heterocycles. The van der Waals surface area contributed by atoms with Crippen molar-refractivity contribution in [3.05, 3.63) is 54.1 Å². The van der Waals surface area contributed by atoms with E-state index in [4.69, 9.17) is 0 Å². The summed E-state index contributed by atoms with van der Waals surface area (Å²) in [5.41, 5.74) is 6.45. The van der Waals surface area contributed by atoms with Gasteiger partial charge in [-0.05, 0) is 24.3 Å². The first-order chi connectivity index (χ1) is 10.2. The SMILES string of the molecule is O=C(NNC1=Nc2ccccc2SC1)c1ccccc1O. The molecule has 0 aliphatic carbocycles. The first-order valence-electron chi connectivity index (χ1n) is 6.38. The van der Waals surface area contributed by atoms with E-state index < -0.39 is 5.91 Å². The molecule has 1 aliphatic rings. The zero-order valence-electron chi connectivity index (χ0n) is 11.0. The topological polar surface area (TPSA) is 73.7 Å². The lowest BCUT2D eigenvalue weighted by Gasteiger charge is -2.16. The minimum atomic E-state index is -0.403. The van der Waals surface area contributed by atoms with Gasteiger partial charge in [0, 0.05) is 4.90 Å². The molecular weight excluding hydrogens is 286 g/mol. The Kier molecular flexibility index (Phi) is 3.79. The van der Waals surface area contributed by atoms with Gasteiger partial charge in [0.05, 0.1) is 17.0 Å². The van der Waals surface area contributed by atoms with Gasteiger partial charge in [0.25, 0.3) is 5.91 Å². The van der Waals surface area contributed by atoms with Gasteiger partial charge in [-0.2, -0.15) is 0 Å². The summed E-state index contributed by atoms with van der Waals surface area (Å²) < 4.78 is 0. The molecule has 1 aliphatic heterocycles. The number of amidine groups is 1. The number of hydrogen-bond donors (Lipinski definition) is 3. The molecular formula is C15H13N3O2S. The zero-order chi connectivity index (χ0) is 14.7. The number of aliphatic imine (C=N–C) groups is 1. The van der Waals surface area contributed by atoms with E-state index in [0.717, 1.165) is 10.6 Å². The van der Waals surface area contributed by atoms with Crippen molar-refractivity contribution in [3.63, 3.8) is 0 Å². The van der Waals surface area contributed by atoms with Crippen LogP contribution in [0.4, 0.5) is 5.69 Å². The first-order valence-corrected chi connectivity index (χ1v) is 7.36.